The van der Waals surface area contributed by atoms with Crippen molar-refractivity contribution < 1.29 is 14.0 Å². The molecule has 3 heterocycles. The molecular weight excluding hydrogens is 333 g/mol. The van der Waals surface area contributed by atoms with Gasteiger partial charge in [0.25, 0.3) is 5.91 Å². The largest absolute Gasteiger partial charge is 0.350 e. The highest BCUT2D eigenvalue weighted by Crippen LogP contribution is 2.43. The molecule has 0 radical (unpaired) electrons. The second-order valence-electron chi connectivity index (χ2n) is 7.01. The minimum Gasteiger partial charge on any atom is -0.350 e. The molecule has 134 valence electrons. The smallest absolute Gasteiger partial charge is 0.256 e. The Balaban J connectivity index is 1.52. The maximum absolute atomic E-state index is 13.9. The summed E-state index contributed by atoms with van der Waals surface area (Å²) in [5.74, 6) is -0.672. The number of carbonyl (C=O) groups excluding carboxylic acids is 2. The van der Waals surface area contributed by atoms with Crippen LogP contribution in [0.1, 0.15) is 41.1 Å². The fraction of sp³-hybridized carbons (Fsp3) is 0.350. The summed E-state index contributed by atoms with van der Waals surface area (Å²) in [6, 6.07) is 9.95. The average Bonchev–Trinajstić information content (AvgIpc) is 2.98. The number of halogens is 1. The predicted molar refractivity (Wildman–Crippen MR) is 94.0 cm³/mol. The van der Waals surface area contributed by atoms with E-state index in [1.807, 2.05) is 12.1 Å². The van der Waals surface area contributed by atoms with Crippen molar-refractivity contribution in [1.29, 1.82) is 0 Å². The Kier molecular flexibility index (Phi) is 4.18. The van der Waals surface area contributed by atoms with Crippen LogP contribution in [0.2, 0.25) is 0 Å². The molecule has 6 heteroatoms. The Hall–Kier alpha value is -2.76. The van der Waals surface area contributed by atoms with Gasteiger partial charge in [0.1, 0.15) is 5.82 Å². The molecule has 2 saturated heterocycles. The molecule has 26 heavy (non-hydrogen) atoms. The van der Waals surface area contributed by atoms with E-state index < -0.39 is 5.82 Å². The van der Waals surface area contributed by atoms with Gasteiger partial charge in [0.2, 0.25) is 5.91 Å². The quantitative estimate of drug-likeness (QED) is 0.902. The SMILES string of the molecule is O=C1C[C@@H](c2ccncc2)C2(CCN(C(=O)c3ccccc3F)CC2)N1. The highest BCUT2D eigenvalue weighted by molar-refractivity contribution is 5.94. The normalized spacial score (nSPS) is 21.7. The van der Waals surface area contributed by atoms with E-state index in [1.165, 1.54) is 12.1 Å². The van der Waals surface area contributed by atoms with E-state index >= 15 is 0 Å². The summed E-state index contributed by atoms with van der Waals surface area (Å²) < 4.78 is 13.9. The number of amides is 2. The van der Waals surface area contributed by atoms with Crippen LogP contribution in [0.5, 0.6) is 0 Å². The van der Waals surface area contributed by atoms with Gasteiger partial charge in [-0.15, -0.1) is 0 Å². The first-order chi connectivity index (χ1) is 12.6. The summed E-state index contributed by atoms with van der Waals surface area (Å²) in [5.41, 5.74) is 0.849. The number of nitrogens with one attached hydrogen (secondary N) is 1. The van der Waals surface area contributed by atoms with Gasteiger partial charge in [-0.25, -0.2) is 4.39 Å². The van der Waals surface area contributed by atoms with E-state index in [2.05, 4.69) is 10.3 Å². The first-order valence-electron chi connectivity index (χ1n) is 8.84. The minimum atomic E-state index is -0.499. The monoisotopic (exact) mass is 353 g/mol. The molecule has 0 aliphatic carbocycles. The van der Waals surface area contributed by atoms with Crippen LogP contribution >= 0.6 is 0 Å². The first kappa shape index (κ1) is 16.7. The molecule has 0 bridgehead atoms. The summed E-state index contributed by atoms with van der Waals surface area (Å²) in [7, 11) is 0. The van der Waals surface area contributed by atoms with E-state index in [0.717, 1.165) is 5.56 Å². The standard InChI is InChI=1S/C20H20FN3O2/c21-17-4-2-1-3-15(17)19(26)24-11-7-20(8-12-24)16(13-18(25)23-20)14-5-9-22-10-6-14/h1-6,9-10,16H,7-8,11-13H2,(H,23,25)/t16-/m0/s1. The molecule has 2 aliphatic rings. The summed E-state index contributed by atoms with van der Waals surface area (Å²) >= 11 is 0. The number of rotatable bonds is 2. The van der Waals surface area contributed by atoms with Gasteiger partial charge >= 0.3 is 0 Å². The van der Waals surface area contributed by atoms with Crippen LogP contribution in [0, 0.1) is 5.82 Å². The Morgan fingerprint density at radius 2 is 1.85 bits per heavy atom. The number of hydrogen-bond donors (Lipinski definition) is 1. The van der Waals surface area contributed by atoms with Crippen LogP contribution in [0.15, 0.2) is 48.8 Å². The lowest BCUT2D eigenvalue weighted by Gasteiger charge is -2.43. The van der Waals surface area contributed by atoms with Crippen molar-refractivity contribution >= 4 is 11.8 Å². The molecule has 2 amide bonds. The van der Waals surface area contributed by atoms with Gasteiger partial charge in [0.15, 0.2) is 0 Å². The van der Waals surface area contributed by atoms with E-state index in [9.17, 15) is 14.0 Å². The Morgan fingerprint density at radius 3 is 2.54 bits per heavy atom. The van der Waals surface area contributed by atoms with Gasteiger partial charge in [-0.3, -0.25) is 14.6 Å². The molecule has 0 saturated carbocycles. The summed E-state index contributed by atoms with van der Waals surface area (Å²) in [6.07, 6.45) is 5.24. The van der Waals surface area contributed by atoms with Crippen LogP contribution in [0.3, 0.4) is 0 Å². The van der Waals surface area contributed by atoms with Crippen molar-refractivity contribution in [2.24, 2.45) is 0 Å². The number of piperidine rings is 1. The molecule has 1 aromatic heterocycles. The Bertz CT molecular complexity index is 832. The summed E-state index contributed by atoms with van der Waals surface area (Å²) in [4.78, 5) is 30.5. The molecule has 1 spiro atoms. The number of aromatic nitrogens is 1. The molecule has 1 atom stereocenters. The maximum atomic E-state index is 13.9. The second-order valence-corrected chi connectivity index (χ2v) is 7.01. The molecule has 1 N–H and O–H groups in total. The second kappa shape index (κ2) is 6.52. The lowest BCUT2D eigenvalue weighted by Crippen LogP contribution is -2.54. The third kappa shape index (κ3) is 2.85. The maximum Gasteiger partial charge on any atom is 0.256 e. The van der Waals surface area contributed by atoms with Crippen LogP contribution in [-0.2, 0) is 4.79 Å². The van der Waals surface area contributed by atoms with Gasteiger partial charge < -0.3 is 10.2 Å². The highest BCUT2D eigenvalue weighted by atomic mass is 19.1. The molecule has 2 aliphatic heterocycles. The Labute approximate surface area is 151 Å². The van der Waals surface area contributed by atoms with E-state index in [-0.39, 0.29) is 28.8 Å². The molecule has 2 aromatic rings. The highest BCUT2D eigenvalue weighted by Gasteiger charge is 2.49. The van der Waals surface area contributed by atoms with Crippen molar-refractivity contribution in [2.45, 2.75) is 30.7 Å². The van der Waals surface area contributed by atoms with Gasteiger partial charge in [0, 0.05) is 37.8 Å². The minimum absolute atomic E-state index is 0.0423. The van der Waals surface area contributed by atoms with E-state index in [0.29, 0.717) is 32.4 Å². The van der Waals surface area contributed by atoms with Gasteiger partial charge in [0.05, 0.1) is 11.1 Å². The molecule has 4 rings (SSSR count). The number of hydrogen-bond acceptors (Lipinski definition) is 3. The van der Waals surface area contributed by atoms with Crippen LogP contribution in [-0.4, -0.2) is 40.3 Å². The number of carbonyl (C=O) groups is 2. The van der Waals surface area contributed by atoms with Crippen LogP contribution in [0.4, 0.5) is 4.39 Å². The zero-order valence-electron chi connectivity index (χ0n) is 14.3. The van der Waals surface area contributed by atoms with Crippen LogP contribution < -0.4 is 5.32 Å². The lowest BCUT2D eigenvalue weighted by molar-refractivity contribution is -0.120. The fourth-order valence-electron chi connectivity index (χ4n) is 4.22. The van der Waals surface area contributed by atoms with Gasteiger partial charge in [-0.1, -0.05) is 12.1 Å². The van der Waals surface area contributed by atoms with E-state index in [1.54, 1.807) is 29.4 Å². The third-order valence-corrected chi connectivity index (χ3v) is 5.60. The lowest BCUT2D eigenvalue weighted by atomic mass is 9.74. The molecule has 1 aromatic carbocycles. The Morgan fingerprint density at radius 1 is 1.15 bits per heavy atom. The molecule has 0 unspecified atom stereocenters. The molecule has 5 nitrogen and oxygen atoms in total. The predicted octanol–water partition coefficient (Wildman–Crippen LogP) is 2.50. The zero-order valence-corrected chi connectivity index (χ0v) is 14.3. The first-order valence-corrected chi connectivity index (χ1v) is 8.84. The number of likely N-dealkylation sites (tertiary alicyclic amines) is 1. The van der Waals surface area contributed by atoms with Crippen molar-refractivity contribution in [1.82, 2.24) is 15.2 Å². The summed E-state index contributed by atoms with van der Waals surface area (Å²) in [6.45, 7) is 0.990. The number of benzene rings is 1. The van der Waals surface area contributed by atoms with Crippen molar-refractivity contribution in [2.75, 3.05) is 13.1 Å². The number of nitrogens with zero attached hydrogens (tertiary/aromatic N) is 2. The van der Waals surface area contributed by atoms with E-state index in [4.69, 9.17) is 0 Å². The average molecular weight is 353 g/mol. The topological polar surface area (TPSA) is 62.3 Å². The molecular formula is C20H20FN3O2. The third-order valence-electron chi connectivity index (χ3n) is 5.60. The van der Waals surface area contributed by atoms with Gasteiger partial charge in [-0.2, -0.15) is 0 Å². The van der Waals surface area contributed by atoms with Gasteiger partial charge in [-0.05, 0) is 42.7 Å². The molecule has 2 fully saturated rings. The number of pyridine rings is 1. The van der Waals surface area contributed by atoms with Crippen molar-refractivity contribution in [3.05, 3.63) is 65.7 Å². The van der Waals surface area contributed by atoms with Crippen molar-refractivity contribution in [3.8, 4) is 0 Å². The zero-order chi connectivity index (χ0) is 18.1. The summed E-state index contributed by atoms with van der Waals surface area (Å²) in [5, 5.41) is 3.16. The van der Waals surface area contributed by atoms with Crippen molar-refractivity contribution in [3.63, 3.8) is 0 Å². The van der Waals surface area contributed by atoms with Crippen LogP contribution in [0.25, 0.3) is 0 Å². The fourth-order valence-corrected chi connectivity index (χ4v) is 4.22.